The molecular formula is C18H25N5O5S2. The quantitative estimate of drug-likeness (QED) is 0.358. The molecule has 0 radical (unpaired) electrons. The van der Waals surface area contributed by atoms with Crippen molar-refractivity contribution in [1.82, 2.24) is 19.5 Å². The number of ether oxygens (including phenoxy) is 3. The Kier molecular flexibility index (Phi) is 7.42. The van der Waals surface area contributed by atoms with Crippen LogP contribution >= 0.6 is 21.6 Å². The van der Waals surface area contributed by atoms with Crippen molar-refractivity contribution in [2.24, 2.45) is 0 Å². The maximum atomic E-state index is 11.5. The predicted octanol–water partition coefficient (Wildman–Crippen LogP) is 2.73. The number of fused-ring (bicyclic) bond motifs is 1. The van der Waals surface area contributed by atoms with Crippen molar-refractivity contribution in [2.75, 3.05) is 12.3 Å². The molecule has 0 spiro atoms. The summed E-state index contributed by atoms with van der Waals surface area (Å²) >= 11 is 0. The van der Waals surface area contributed by atoms with Crippen LogP contribution in [0.1, 0.15) is 46.8 Å². The number of nitrogens with zero attached hydrogens (tertiary/aromatic N) is 4. The van der Waals surface area contributed by atoms with Gasteiger partial charge < -0.3 is 19.9 Å². The molecule has 3 heterocycles. The van der Waals surface area contributed by atoms with Crippen LogP contribution in [-0.2, 0) is 23.8 Å². The van der Waals surface area contributed by atoms with Crippen molar-refractivity contribution in [3.05, 3.63) is 6.33 Å². The molecule has 0 saturated carbocycles. The summed E-state index contributed by atoms with van der Waals surface area (Å²) in [7, 11) is 3.21. The third-order valence-corrected chi connectivity index (χ3v) is 7.48. The van der Waals surface area contributed by atoms with E-state index in [1.165, 1.54) is 24.6 Å². The number of anilines is 1. The maximum Gasteiger partial charge on any atom is 0.303 e. The molecule has 1 unspecified atom stereocenters. The Hall–Kier alpha value is -2.05. The number of nitrogen functional groups attached to an aromatic ring is 1. The van der Waals surface area contributed by atoms with Crippen molar-refractivity contribution in [3.63, 3.8) is 0 Å². The van der Waals surface area contributed by atoms with E-state index in [4.69, 9.17) is 19.9 Å². The van der Waals surface area contributed by atoms with Gasteiger partial charge in [0.1, 0.15) is 35.6 Å². The largest absolute Gasteiger partial charge is 0.463 e. The fraction of sp³-hybridized carbons (Fsp3) is 0.611. The molecule has 1 aliphatic heterocycles. The van der Waals surface area contributed by atoms with Crippen LogP contribution in [0.15, 0.2) is 11.4 Å². The number of hydrogen-bond acceptors (Lipinski definition) is 11. The molecule has 2 aromatic heterocycles. The zero-order chi connectivity index (χ0) is 21.8. The minimum atomic E-state index is -0.589. The topological polar surface area (TPSA) is 131 Å². The summed E-state index contributed by atoms with van der Waals surface area (Å²) < 4.78 is 18.2. The lowest BCUT2D eigenvalue weighted by Gasteiger charge is -2.17. The highest BCUT2D eigenvalue weighted by molar-refractivity contribution is 8.77. The Morgan fingerprint density at radius 2 is 2.13 bits per heavy atom. The van der Waals surface area contributed by atoms with Crippen LogP contribution in [0.2, 0.25) is 0 Å². The molecule has 1 aliphatic rings. The number of aromatic nitrogens is 4. The second kappa shape index (κ2) is 9.84. The van der Waals surface area contributed by atoms with E-state index in [-0.39, 0.29) is 12.6 Å². The molecule has 1 fully saturated rings. The van der Waals surface area contributed by atoms with Crippen LogP contribution in [0.4, 0.5) is 5.95 Å². The number of nitrogens with two attached hydrogens (primary N) is 1. The first-order valence-electron chi connectivity index (χ1n) is 9.57. The average Bonchev–Trinajstić information content (AvgIpc) is 3.27. The molecule has 3 rings (SSSR count). The molecule has 2 N–H and O–H groups in total. The minimum Gasteiger partial charge on any atom is -0.463 e. The number of rotatable bonds is 8. The van der Waals surface area contributed by atoms with Gasteiger partial charge in [-0.1, -0.05) is 24.6 Å². The van der Waals surface area contributed by atoms with Crippen molar-refractivity contribution >= 4 is 50.6 Å². The average molecular weight is 456 g/mol. The summed E-state index contributed by atoms with van der Waals surface area (Å²) in [4.78, 5) is 35.8. The van der Waals surface area contributed by atoms with Crippen LogP contribution in [-0.4, -0.2) is 55.5 Å². The highest BCUT2D eigenvalue weighted by Gasteiger charge is 2.40. The predicted molar refractivity (Wildman–Crippen MR) is 114 cm³/mol. The molecule has 0 aromatic carbocycles. The van der Waals surface area contributed by atoms with E-state index < -0.39 is 30.4 Å². The Balaban J connectivity index is 1.85. The first-order chi connectivity index (χ1) is 14.3. The van der Waals surface area contributed by atoms with Crippen LogP contribution in [0.25, 0.3) is 11.2 Å². The summed E-state index contributed by atoms with van der Waals surface area (Å²) in [6.07, 6.45) is 1.36. The molecule has 30 heavy (non-hydrogen) atoms. The molecule has 4 atom stereocenters. The minimum absolute atomic E-state index is 0.0137. The molecule has 10 nitrogen and oxygen atoms in total. The molecular weight excluding hydrogens is 430 g/mol. The third kappa shape index (κ3) is 5.35. The van der Waals surface area contributed by atoms with E-state index in [1.807, 2.05) is 0 Å². The molecule has 164 valence electrons. The fourth-order valence-electron chi connectivity index (χ4n) is 2.93. The second-order valence-electron chi connectivity index (χ2n) is 6.92. The first kappa shape index (κ1) is 22.6. The molecule has 0 bridgehead atoms. The van der Waals surface area contributed by atoms with E-state index >= 15 is 0 Å². The van der Waals surface area contributed by atoms with Crippen LogP contribution < -0.4 is 5.73 Å². The number of imidazole rings is 1. The van der Waals surface area contributed by atoms with Gasteiger partial charge in [0.25, 0.3) is 0 Å². The van der Waals surface area contributed by atoms with E-state index in [2.05, 4.69) is 28.8 Å². The molecule has 0 amide bonds. The lowest BCUT2D eigenvalue weighted by Crippen LogP contribution is -2.31. The van der Waals surface area contributed by atoms with Crippen LogP contribution in [0.3, 0.4) is 0 Å². The van der Waals surface area contributed by atoms with E-state index in [0.717, 1.165) is 6.42 Å². The fourth-order valence-corrected chi connectivity index (χ4v) is 5.20. The number of hydrogen-bond donors (Lipinski definition) is 1. The van der Waals surface area contributed by atoms with E-state index in [1.54, 1.807) is 21.7 Å². The van der Waals surface area contributed by atoms with Gasteiger partial charge in [0.15, 0.2) is 5.65 Å². The highest BCUT2D eigenvalue weighted by atomic mass is 33.1. The molecule has 1 saturated heterocycles. The maximum absolute atomic E-state index is 11.5. The van der Waals surface area contributed by atoms with Gasteiger partial charge in [-0.3, -0.25) is 14.2 Å². The molecule has 0 aliphatic carbocycles. The van der Waals surface area contributed by atoms with E-state index in [0.29, 0.717) is 27.9 Å². The van der Waals surface area contributed by atoms with Gasteiger partial charge in [0.2, 0.25) is 5.95 Å². The Morgan fingerprint density at radius 3 is 2.80 bits per heavy atom. The number of carbonyl (C=O) groups is 2. The van der Waals surface area contributed by atoms with Crippen LogP contribution in [0.5, 0.6) is 0 Å². The molecule has 12 heteroatoms. The lowest BCUT2D eigenvalue weighted by molar-refractivity contribution is -0.155. The van der Waals surface area contributed by atoms with Crippen LogP contribution in [0, 0.1) is 0 Å². The zero-order valence-electron chi connectivity index (χ0n) is 17.2. The highest BCUT2D eigenvalue weighted by Crippen LogP contribution is 2.39. The standard InChI is InChI=1S/C18H25N5O5S2/c1-5-9(2)29-30-17-15-16(21-18(19)22-17)23(8-20-15)14-6-12(27-11(4)25)13(28-14)7-26-10(3)24/h8-9,12-14H,5-7H2,1-4H3,(H2,19,21,22)/t9?,12-,13+,14+/m0/s1. The summed E-state index contributed by atoms with van der Waals surface area (Å²) in [5.41, 5.74) is 7.10. The first-order valence-corrected chi connectivity index (χ1v) is 11.8. The zero-order valence-corrected chi connectivity index (χ0v) is 18.9. The van der Waals surface area contributed by atoms with Gasteiger partial charge >= 0.3 is 11.9 Å². The van der Waals surface area contributed by atoms with Crippen molar-refractivity contribution in [3.8, 4) is 0 Å². The SMILES string of the molecule is CCC(C)SSc1nc(N)nc2c1ncn2[C@H]1C[C@H](OC(C)=O)[C@@H](COC(C)=O)O1. The van der Waals surface area contributed by atoms with Crippen molar-refractivity contribution in [1.29, 1.82) is 0 Å². The Morgan fingerprint density at radius 1 is 1.37 bits per heavy atom. The van der Waals surface area contributed by atoms with E-state index in [9.17, 15) is 9.59 Å². The van der Waals surface area contributed by atoms with Gasteiger partial charge in [-0.15, -0.1) is 0 Å². The lowest BCUT2D eigenvalue weighted by atomic mass is 10.2. The summed E-state index contributed by atoms with van der Waals surface area (Å²) in [6.45, 7) is 6.89. The normalized spacial score (nSPS) is 22.2. The van der Waals surface area contributed by atoms with Gasteiger partial charge in [0.05, 0.1) is 6.33 Å². The molecule has 2 aromatic rings. The van der Waals surface area contributed by atoms with Gasteiger partial charge in [-0.05, 0) is 17.2 Å². The van der Waals surface area contributed by atoms with Crippen molar-refractivity contribution < 1.29 is 23.8 Å². The monoisotopic (exact) mass is 455 g/mol. The smallest absolute Gasteiger partial charge is 0.303 e. The second-order valence-corrected chi connectivity index (χ2v) is 9.55. The number of esters is 2. The van der Waals surface area contributed by atoms with Crippen molar-refractivity contribution in [2.45, 2.75) is 69.2 Å². The Labute approximate surface area is 182 Å². The van der Waals surface area contributed by atoms with Gasteiger partial charge in [-0.25, -0.2) is 9.97 Å². The Bertz CT molecular complexity index is 924. The summed E-state index contributed by atoms with van der Waals surface area (Å²) in [5, 5.41) is 1.14. The summed E-state index contributed by atoms with van der Waals surface area (Å²) in [6, 6.07) is 0. The van der Waals surface area contributed by atoms with Gasteiger partial charge in [0, 0.05) is 25.5 Å². The summed E-state index contributed by atoms with van der Waals surface area (Å²) in [5.74, 6) is -0.722. The van der Waals surface area contributed by atoms with Gasteiger partial charge in [-0.2, -0.15) is 4.98 Å². The number of carbonyl (C=O) groups excluding carboxylic acids is 2. The third-order valence-electron chi connectivity index (χ3n) is 4.53.